The van der Waals surface area contributed by atoms with Crippen LogP contribution in [0.25, 0.3) is 0 Å². The van der Waals surface area contributed by atoms with Crippen LogP contribution in [-0.2, 0) is 10.0 Å². The molecule has 0 aliphatic carbocycles. The molecule has 0 bridgehead atoms. The van der Waals surface area contributed by atoms with Gasteiger partial charge in [-0.15, -0.1) is 0 Å². The number of aryl methyl sites for hydroxylation is 1. The Balaban J connectivity index is 1.74. The first-order valence-corrected chi connectivity index (χ1v) is 9.32. The van der Waals surface area contributed by atoms with Crippen LogP contribution in [0.1, 0.15) is 34.8 Å². The SMILES string of the molecule is Cc1cnn([C@@H]2CCCN(C(=O)c3ccc(S(N)(=O)=O)cc3)C2)c1. The minimum atomic E-state index is -3.75. The summed E-state index contributed by atoms with van der Waals surface area (Å²) in [7, 11) is -3.75. The Morgan fingerprint density at radius 2 is 2.00 bits per heavy atom. The van der Waals surface area contributed by atoms with E-state index in [-0.39, 0.29) is 16.8 Å². The van der Waals surface area contributed by atoms with Gasteiger partial charge < -0.3 is 4.90 Å². The Hall–Kier alpha value is -2.19. The van der Waals surface area contributed by atoms with Gasteiger partial charge in [-0.2, -0.15) is 5.10 Å². The number of sulfonamides is 1. The molecule has 2 heterocycles. The first-order valence-electron chi connectivity index (χ1n) is 7.77. The van der Waals surface area contributed by atoms with Crippen molar-refractivity contribution >= 4 is 15.9 Å². The molecule has 128 valence electrons. The van der Waals surface area contributed by atoms with E-state index >= 15 is 0 Å². The van der Waals surface area contributed by atoms with Crippen molar-refractivity contribution < 1.29 is 13.2 Å². The van der Waals surface area contributed by atoms with E-state index in [9.17, 15) is 13.2 Å². The summed E-state index contributed by atoms with van der Waals surface area (Å²) in [5, 5.41) is 9.42. The Morgan fingerprint density at radius 1 is 1.29 bits per heavy atom. The molecule has 1 atom stereocenters. The number of primary sulfonamides is 1. The highest BCUT2D eigenvalue weighted by molar-refractivity contribution is 7.89. The number of carbonyl (C=O) groups is 1. The average Bonchev–Trinajstić information content (AvgIpc) is 3.00. The van der Waals surface area contributed by atoms with Gasteiger partial charge in [0.2, 0.25) is 10.0 Å². The monoisotopic (exact) mass is 348 g/mol. The number of likely N-dealkylation sites (tertiary alicyclic amines) is 1. The van der Waals surface area contributed by atoms with E-state index < -0.39 is 10.0 Å². The molecule has 0 saturated carbocycles. The zero-order valence-corrected chi connectivity index (χ0v) is 14.2. The van der Waals surface area contributed by atoms with Crippen LogP contribution in [0.4, 0.5) is 0 Å². The van der Waals surface area contributed by atoms with E-state index in [2.05, 4.69) is 5.10 Å². The normalized spacial score (nSPS) is 18.6. The number of piperidine rings is 1. The van der Waals surface area contributed by atoms with Crippen molar-refractivity contribution in [1.29, 1.82) is 0 Å². The summed E-state index contributed by atoms with van der Waals surface area (Å²) in [5.41, 5.74) is 1.55. The van der Waals surface area contributed by atoms with Gasteiger partial charge in [-0.1, -0.05) is 0 Å². The minimum absolute atomic E-state index is 0.00240. The Labute approximate surface area is 141 Å². The summed E-state index contributed by atoms with van der Waals surface area (Å²) < 4.78 is 24.5. The highest BCUT2D eigenvalue weighted by Gasteiger charge is 2.26. The van der Waals surface area contributed by atoms with E-state index in [0.717, 1.165) is 18.4 Å². The topological polar surface area (TPSA) is 98.3 Å². The fourth-order valence-electron chi connectivity index (χ4n) is 2.96. The van der Waals surface area contributed by atoms with Crippen molar-refractivity contribution in [1.82, 2.24) is 14.7 Å². The largest absolute Gasteiger partial charge is 0.337 e. The number of nitrogens with zero attached hydrogens (tertiary/aromatic N) is 3. The third kappa shape index (κ3) is 3.49. The van der Waals surface area contributed by atoms with E-state index in [4.69, 9.17) is 5.14 Å². The van der Waals surface area contributed by atoms with Crippen molar-refractivity contribution in [3.63, 3.8) is 0 Å². The van der Waals surface area contributed by atoms with Gasteiger partial charge >= 0.3 is 0 Å². The van der Waals surface area contributed by atoms with Gasteiger partial charge in [0.25, 0.3) is 5.91 Å². The van der Waals surface area contributed by atoms with Crippen LogP contribution in [0.3, 0.4) is 0 Å². The zero-order valence-electron chi connectivity index (χ0n) is 13.4. The number of hydrogen-bond acceptors (Lipinski definition) is 4. The molecular weight excluding hydrogens is 328 g/mol. The standard InChI is InChI=1S/C16H20N4O3S/c1-12-9-18-20(10-12)14-3-2-8-19(11-14)16(21)13-4-6-15(7-5-13)24(17,22)23/h4-7,9-10,14H,2-3,8,11H2,1H3,(H2,17,22,23)/t14-/m1/s1. The Bertz CT molecular complexity index is 842. The van der Waals surface area contributed by atoms with Crippen LogP contribution < -0.4 is 5.14 Å². The number of nitrogens with two attached hydrogens (primary N) is 1. The molecule has 2 aromatic rings. The molecule has 1 fully saturated rings. The summed E-state index contributed by atoms with van der Waals surface area (Å²) in [6.45, 7) is 3.27. The molecule has 7 nitrogen and oxygen atoms in total. The summed E-state index contributed by atoms with van der Waals surface area (Å²) in [6.07, 6.45) is 5.69. The van der Waals surface area contributed by atoms with Gasteiger partial charge in [0, 0.05) is 24.8 Å². The number of aromatic nitrogens is 2. The molecule has 24 heavy (non-hydrogen) atoms. The third-order valence-corrected chi connectivity index (χ3v) is 5.15. The van der Waals surface area contributed by atoms with Crippen molar-refractivity contribution in [3.8, 4) is 0 Å². The second-order valence-electron chi connectivity index (χ2n) is 6.11. The van der Waals surface area contributed by atoms with Crippen LogP contribution in [-0.4, -0.2) is 42.1 Å². The van der Waals surface area contributed by atoms with Crippen molar-refractivity contribution in [3.05, 3.63) is 47.8 Å². The van der Waals surface area contributed by atoms with E-state index in [0.29, 0.717) is 18.7 Å². The molecule has 1 amide bonds. The van der Waals surface area contributed by atoms with Gasteiger partial charge in [0.15, 0.2) is 0 Å². The maximum Gasteiger partial charge on any atom is 0.253 e. The van der Waals surface area contributed by atoms with Gasteiger partial charge in [-0.25, -0.2) is 13.6 Å². The summed E-state index contributed by atoms with van der Waals surface area (Å²) in [4.78, 5) is 14.4. The van der Waals surface area contributed by atoms with Crippen LogP contribution in [0.2, 0.25) is 0 Å². The smallest absolute Gasteiger partial charge is 0.253 e. The molecule has 0 radical (unpaired) electrons. The molecule has 1 aromatic heterocycles. The average molecular weight is 348 g/mol. The van der Waals surface area contributed by atoms with Crippen LogP contribution in [0, 0.1) is 6.92 Å². The second kappa shape index (κ2) is 6.37. The number of carbonyl (C=O) groups excluding carboxylic acids is 1. The van der Waals surface area contributed by atoms with E-state index in [1.165, 1.54) is 24.3 Å². The summed E-state index contributed by atoms with van der Waals surface area (Å²) >= 11 is 0. The summed E-state index contributed by atoms with van der Waals surface area (Å²) in [5.74, 6) is -0.107. The van der Waals surface area contributed by atoms with Gasteiger partial charge in [-0.05, 0) is 49.6 Å². The molecule has 3 rings (SSSR count). The third-order valence-electron chi connectivity index (χ3n) is 4.22. The first kappa shape index (κ1) is 16.7. The Kier molecular flexibility index (Phi) is 4.42. The molecule has 1 aliphatic heterocycles. The highest BCUT2D eigenvalue weighted by Crippen LogP contribution is 2.23. The van der Waals surface area contributed by atoms with Gasteiger partial charge in [-0.3, -0.25) is 9.48 Å². The lowest BCUT2D eigenvalue weighted by atomic mass is 10.0. The lowest BCUT2D eigenvalue weighted by Gasteiger charge is -2.33. The van der Waals surface area contributed by atoms with Crippen LogP contribution in [0.15, 0.2) is 41.6 Å². The number of hydrogen-bond donors (Lipinski definition) is 1. The fraction of sp³-hybridized carbons (Fsp3) is 0.375. The molecule has 1 saturated heterocycles. The lowest BCUT2D eigenvalue weighted by molar-refractivity contribution is 0.0673. The quantitative estimate of drug-likeness (QED) is 0.904. The number of benzene rings is 1. The highest BCUT2D eigenvalue weighted by atomic mass is 32.2. The molecule has 1 aromatic carbocycles. The molecular formula is C16H20N4O3S. The fourth-order valence-corrected chi connectivity index (χ4v) is 3.47. The van der Waals surface area contributed by atoms with Crippen molar-refractivity contribution in [2.24, 2.45) is 5.14 Å². The van der Waals surface area contributed by atoms with Crippen molar-refractivity contribution in [2.45, 2.75) is 30.7 Å². The number of rotatable bonds is 3. The minimum Gasteiger partial charge on any atom is -0.337 e. The first-order chi connectivity index (χ1) is 11.3. The van der Waals surface area contributed by atoms with Crippen LogP contribution in [0.5, 0.6) is 0 Å². The molecule has 1 aliphatic rings. The predicted octanol–water partition coefficient (Wildman–Crippen LogP) is 1.32. The number of amides is 1. The summed E-state index contributed by atoms with van der Waals surface area (Å²) in [6, 6.07) is 5.90. The second-order valence-corrected chi connectivity index (χ2v) is 7.68. The van der Waals surface area contributed by atoms with E-state index in [1.807, 2.05) is 24.0 Å². The van der Waals surface area contributed by atoms with E-state index in [1.54, 1.807) is 4.90 Å². The molecule has 8 heteroatoms. The molecule has 2 N–H and O–H groups in total. The lowest BCUT2D eigenvalue weighted by Crippen LogP contribution is -2.40. The van der Waals surface area contributed by atoms with Crippen molar-refractivity contribution in [2.75, 3.05) is 13.1 Å². The van der Waals surface area contributed by atoms with Gasteiger partial charge in [0.1, 0.15) is 0 Å². The Morgan fingerprint density at radius 3 is 2.58 bits per heavy atom. The maximum atomic E-state index is 12.7. The molecule has 0 spiro atoms. The zero-order chi connectivity index (χ0) is 17.3. The van der Waals surface area contributed by atoms with Gasteiger partial charge in [0.05, 0.1) is 17.1 Å². The van der Waals surface area contributed by atoms with Crippen LogP contribution >= 0.6 is 0 Å². The molecule has 0 unspecified atom stereocenters. The predicted molar refractivity (Wildman–Crippen MR) is 89.0 cm³/mol. The maximum absolute atomic E-state index is 12.7.